The van der Waals surface area contributed by atoms with Crippen molar-refractivity contribution in [2.45, 2.75) is 406 Å². The van der Waals surface area contributed by atoms with E-state index in [-0.39, 0.29) is 31.1 Å². The van der Waals surface area contributed by atoms with Crippen molar-refractivity contribution in [1.82, 2.24) is 0 Å². The molecule has 0 aromatic rings. The van der Waals surface area contributed by atoms with Crippen molar-refractivity contribution in [1.29, 1.82) is 0 Å². The highest BCUT2D eigenvalue weighted by molar-refractivity contribution is 5.71. The van der Waals surface area contributed by atoms with Crippen LogP contribution in [0.1, 0.15) is 400 Å². The summed E-state index contributed by atoms with van der Waals surface area (Å²) in [5, 5.41) is 0. The molecule has 0 rings (SSSR count). The van der Waals surface area contributed by atoms with Crippen LogP contribution < -0.4 is 0 Å². The van der Waals surface area contributed by atoms with E-state index < -0.39 is 6.10 Å². The van der Waals surface area contributed by atoms with Gasteiger partial charge >= 0.3 is 17.9 Å². The first-order valence-corrected chi connectivity index (χ1v) is 35.3. The number of ether oxygens (including phenoxy) is 3. The summed E-state index contributed by atoms with van der Waals surface area (Å²) in [5.41, 5.74) is 0. The molecule has 0 fully saturated rings. The summed E-state index contributed by atoms with van der Waals surface area (Å²) in [7, 11) is 0. The first-order valence-electron chi connectivity index (χ1n) is 35.3. The number of hydrogen-bond acceptors (Lipinski definition) is 6. The molecule has 6 heteroatoms. The van der Waals surface area contributed by atoms with Crippen LogP contribution in [0, 0.1) is 0 Å². The smallest absolute Gasteiger partial charge is 0.306 e. The van der Waals surface area contributed by atoms with Gasteiger partial charge < -0.3 is 14.2 Å². The van der Waals surface area contributed by atoms with Crippen LogP contribution in [0.3, 0.4) is 0 Å². The number of hydrogen-bond donors (Lipinski definition) is 0. The molecular formula is C72H136O6. The highest BCUT2D eigenvalue weighted by Crippen LogP contribution is 2.18. The number of allylic oxidation sites excluding steroid dienone is 4. The van der Waals surface area contributed by atoms with Crippen LogP contribution >= 0.6 is 0 Å². The lowest BCUT2D eigenvalue weighted by atomic mass is 10.0. The third-order valence-corrected chi connectivity index (χ3v) is 16.2. The maximum Gasteiger partial charge on any atom is 0.306 e. The second kappa shape index (κ2) is 67.4. The minimum Gasteiger partial charge on any atom is -0.462 e. The summed E-state index contributed by atoms with van der Waals surface area (Å²) in [6, 6.07) is 0. The van der Waals surface area contributed by atoms with Gasteiger partial charge in [0.15, 0.2) is 6.10 Å². The molecule has 0 radical (unpaired) electrons. The molecular weight excluding hydrogens is 961 g/mol. The number of unbranched alkanes of at least 4 members (excludes halogenated alkanes) is 51. The van der Waals surface area contributed by atoms with E-state index >= 15 is 0 Å². The van der Waals surface area contributed by atoms with Crippen molar-refractivity contribution in [2.75, 3.05) is 13.2 Å². The monoisotopic (exact) mass is 1100 g/mol. The minimum absolute atomic E-state index is 0.0675. The largest absolute Gasteiger partial charge is 0.462 e. The second-order valence-electron chi connectivity index (χ2n) is 24.1. The molecule has 0 aromatic heterocycles. The Morgan fingerprint density at radius 3 is 0.641 bits per heavy atom. The van der Waals surface area contributed by atoms with Crippen LogP contribution in [-0.4, -0.2) is 37.2 Å². The van der Waals surface area contributed by atoms with Gasteiger partial charge in [-0.2, -0.15) is 0 Å². The van der Waals surface area contributed by atoms with Gasteiger partial charge in [-0.15, -0.1) is 0 Å². The molecule has 1 atom stereocenters. The van der Waals surface area contributed by atoms with Crippen LogP contribution in [0.4, 0.5) is 0 Å². The van der Waals surface area contributed by atoms with Crippen LogP contribution in [0.5, 0.6) is 0 Å². The zero-order valence-corrected chi connectivity index (χ0v) is 53.0. The molecule has 0 spiro atoms. The maximum atomic E-state index is 12.9. The van der Waals surface area contributed by atoms with Crippen molar-refractivity contribution < 1.29 is 28.6 Å². The van der Waals surface area contributed by atoms with E-state index in [1.807, 2.05) is 0 Å². The van der Waals surface area contributed by atoms with Crippen LogP contribution in [0.25, 0.3) is 0 Å². The molecule has 0 aliphatic carbocycles. The lowest BCUT2D eigenvalue weighted by molar-refractivity contribution is -0.167. The Kier molecular flexibility index (Phi) is 65.6. The van der Waals surface area contributed by atoms with Crippen molar-refractivity contribution in [3.8, 4) is 0 Å². The third kappa shape index (κ3) is 64.7. The summed E-state index contributed by atoms with van der Waals surface area (Å²) in [4.78, 5) is 38.4. The van der Waals surface area contributed by atoms with E-state index in [0.29, 0.717) is 19.3 Å². The topological polar surface area (TPSA) is 78.9 Å². The van der Waals surface area contributed by atoms with Gasteiger partial charge in [-0.25, -0.2) is 0 Å². The highest BCUT2D eigenvalue weighted by Gasteiger charge is 2.19. The first kappa shape index (κ1) is 75.9. The molecule has 0 saturated carbocycles. The van der Waals surface area contributed by atoms with Gasteiger partial charge in [0.05, 0.1) is 0 Å². The Bertz CT molecular complexity index is 1260. The van der Waals surface area contributed by atoms with Gasteiger partial charge in [-0.3, -0.25) is 14.4 Å². The molecule has 0 aromatic carbocycles. The SMILES string of the molecule is CCCCCCCC/C=C\CCCCCCCC(=O)OCC(COC(=O)CCCCCCCCCCCCCCCCCCC/C=C\CCCCCCCCCC)OC(=O)CCCCCCCCCCCCCCCCCC. The minimum atomic E-state index is -0.771. The Balaban J connectivity index is 4.18. The summed E-state index contributed by atoms with van der Waals surface area (Å²) >= 11 is 0. The van der Waals surface area contributed by atoms with Gasteiger partial charge in [-0.05, 0) is 70.6 Å². The average Bonchev–Trinajstić information content (AvgIpc) is 3.44. The molecule has 1 unspecified atom stereocenters. The van der Waals surface area contributed by atoms with E-state index in [0.717, 1.165) is 64.2 Å². The van der Waals surface area contributed by atoms with E-state index in [1.54, 1.807) is 0 Å². The summed E-state index contributed by atoms with van der Waals surface area (Å²) < 4.78 is 17.0. The third-order valence-electron chi connectivity index (χ3n) is 16.2. The predicted octanol–water partition coefficient (Wildman–Crippen LogP) is 24.2. The van der Waals surface area contributed by atoms with Gasteiger partial charge in [-0.1, -0.05) is 334 Å². The van der Waals surface area contributed by atoms with Crippen LogP contribution in [0.2, 0.25) is 0 Å². The number of rotatable bonds is 66. The van der Waals surface area contributed by atoms with Crippen LogP contribution in [-0.2, 0) is 28.6 Å². The van der Waals surface area contributed by atoms with E-state index in [2.05, 4.69) is 45.1 Å². The molecule has 0 N–H and O–H groups in total. The van der Waals surface area contributed by atoms with Crippen molar-refractivity contribution in [2.24, 2.45) is 0 Å². The van der Waals surface area contributed by atoms with Crippen molar-refractivity contribution in [3.63, 3.8) is 0 Å². The summed E-state index contributed by atoms with van der Waals surface area (Å²) in [6.07, 6.45) is 82.1. The second-order valence-corrected chi connectivity index (χ2v) is 24.1. The van der Waals surface area contributed by atoms with Crippen molar-refractivity contribution >= 4 is 17.9 Å². The average molecular weight is 1100 g/mol. The quantitative estimate of drug-likeness (QED) is 0.0261. The van der Waals surface area contributed by atoms with E-state index in [9.17, 15) is 14.4 Å². The van der Waals surface area contributed by atoms with Gasteiger partial charge in [0.2, 0.25) is 0 Å². The van der Waals surface area contributed by atoms with Gasteiger partial charge in [0, 0.05) is 19.3 Å². The predicted molar refractivity (Wildman–Crippen MR) is 340 cm³/mol. The van der Waals surface area contributed by atoms with Crippen LogP contribution in [0.15, 0.2) is 24.3 Å². The van der Waals surface area contributed by atoms with Gasteiger partial charge in [0.25, 0.3) is 0 Å². The zero-order chi connectivity index (χ0) is 56.4. The zero-order valence-electron chi connectivity index (χ0n) is 53.0. The fraction of sp³-hybridized carbons (Fsp3) is 0.903. The molecule has 0 heterocycles. The molecule has 0 aliphatic heterocycles. The summed E-state index contributed by atoms with van der Waals surface area (Å²) in [6.45, 7) is 6.71. The number of carbonyl (C=O) groups excluding carboxylic acids is 3. The number of carbonyl (C=O) groups is 3. The summed E-state index contributed by atoms with van der Waals surface area (Å²) in [5.74, 6) is -0.845. The number of esters is 3. The molecule has 6 nitrogen and oxygen atoms in total. The lowest BCUT2D eigenvalue weighted by Gasteiger charge is -2.18. The molecule has 0 amide bonds. The molecule has 78 heavy (non-hydrogen) atoms. The Morgan fingerprint density at radius 2 is 0.423 bits per heavy atom. The van der Waals surface area contributed by atoms with E-state index in [1.165, 1.54) is 295 Å². The molecule has 0 bridgehead atoms. The molecule has 460 valence electrons. The first-order chi connectivity index (χ1) is 38.5. The normalized spacial score (nSPS) is 12.1. The Hall–Kier alpha value is -2.11. The lowest BCUT2D eigenvalue weighted by Crippen LogP contribution is -2.30. The molecule has 0 saturated heterocycles. The Labute approximate surface area is 487 Å². The fourth-order valence-electron chi connectivity index (χ4n) is 10.8. The van der Waals surface area contributed by atoms with Crippen molar-refractivity contribution in [3.05, 3.63) is 24.3 Å². The Morgan fingerprint density at radius 1 is 0.244 bits per heavy atom. The van der Waals surface area contributed by atoms with Gasteiger partial charge in [0.1, 0.15) is 13.2 Å². The maximum absolute atomic E-state index is 12.9. The standard InChI is InChI=1S/C72H136O6/c1-4-7-10-13-16-19-22-25-28-30-31-32-33-34-35-36-37-38-39-40-41-42-45-47-50-53-56-59-62-65-71(74)77-68-69(67-76-70(73)64-61-58-55-52-49-46-43-27-24-21-18-15-12-9-6-3)78-72(75)66-63-60-57-54-51-48-44-29-26-23-20-17-14-11-8-5-2/h27,30-31,43,69H,4-26,28-29,32-42,44-68H2,1-3H3/b31-30-,43-27-. The highest BCUT2D eigenvalue weighted by atomic mass is 16.6. The van der Waals surface area contributed by atoms with E-state index in [4.69, 9.17) is 14.2 Å². The fourth-order valence-corrected chi connectivity index (χ4v) is 10.8. The molecule has 0 aliphatic rings.